The molecule has 2 fully saturated rings. The summed E-state index contributed by atoms with van der Waals surface area (Å²) in [5.41, 5.74) is 0.603. The number of fused-ring (bicyclic) bond motifs is 1. The summed E-state index contributed by atoms with van der Waals surface area (Å²) in [6.45, 7) is 6.83. The molecule has 7 rings (SSSR count). The number of rotatable bonds is 6. The molecule has 0 bridgehead atoms. The van der Waals surface area contributed by atoms with Crippen molar-refractivity contribution in [1.29, 1.82) is 0 Å². The van der Waals surface area contributed by atoms with E-state index in [1.165, 1.54) is 12.1 Å². The molecule has 2 saturated heterocycles. The third-order valence-corrected chi connectivity index (χ3v) is 9.30. The second-order valence-electron chi connectivity index (χ2n) is 12.0. The molecule has 0 aliphatic carbocycles. The molecule has 11 heteroatoms. The number of pyridine rings is 1. The molecule has 232 valence electrons. The zero-order chi connectivity index (χ0) is 30.5. The van der Waals surface area contributed by atoms with Crippen molar-refractivity contribution in [2.75, 3.05) is 44.9 Å². The molecule has 44 heavy (non-hydrogen) atoms. The number of likely N-dealkylation sites (tertiary alicyclic amines) is 1. The van der Waals surface area contributed by atoms with E-state index in [-0.39, 0.29) is 59.2 Å². The Morgan fingerprint density at radius 3 is 2.68 bits per heavy atom. The van der Waals surface area contributed by atoms with Gasteiger partial charge in [0.05, 0.1) is 19.2 Å². The maximum Gasteiger partial charge on any atom is 0.319 e. The normalized spacial score (nSPS) is 21.4. The van der Waals surface area contributed by atoms with E-state index in [0.717, 1.165) is 32.2 Å². The predicted molar refractivity (Wildman–Crippen MR) is 164 cm³/mol. The van der Waals surface area contributed by atoms with E-state index in [4.69, 9.17) is 19.2 Å². The smallest absolute Gasteiger partial charge is 0.319 e. The van der Waals surface area contributed by atoms with E-state index in [1.807, 2.05) is 13.8 Å². The van der Waals surface area contributed by atoms with Crippen LogP contribution in [0.4, 0.5) is 14.6 Å². The second-order valence-corrected chi connectivity index (χ2v) is 12.0. The van der Waals surface area contributed by atoms with Gasteiger partial charge < -0.3 is 24.2 Å². The summed E-state index contributed by atoms with van der Waals surface area (Å²) < 4.78 is 50.3. The van der Waals surface area contributed by atoms with Crippen molar-refractivity contribution in [3.8, 4) is 28.9 Å². The van der Waals surface area contributed by atoms with Crippen LogP contribution in [-0.2, 0) is 11.2 Å². The highest BCUT2D eigenvalue weighted by Crippen LogP contribution is 2.43. The summed E-state index contributed by atoms with van der Waals surface area (Å²) in [6.07, 6.45) is 4.02. The lowest BCUT2D eigenvalue weighted by Crippen LogP contribution is -2.43. The monoisotopic (exact) mass is 605 g/mol. The van der Waals surface area contributed by atoms with Crippen LogP contribution < -0.4 is 14.4 Å². The van der Waals surface area contributed by atoms with Crippen LogP contribution in [0.15, 0.2) is 24.3 Å². The quantitative estimate of drug-likeness (QED) is 0.300. The van der Waals surface area contributed by atoms with Crippen LogP contribution in [0.5, 0.6) is 17.6 Å². The molecule has 9 nitrogen and oxygen atoms in total. The Kier molecular flexibility index (Phi) is 7.62. The zero-order valence-electron chi connectivity index (χ0n) is 25.3. The number of likely N-dealkylation sites (N-methyl/N-ethyl adjacent to an activating group) is 1. The lowest BCUT2D eigenvalue weighted by Gasteiger charge is -2.34. The SMILES string of the molecule is CCc1c(F)ccc2cc(O)cc(-c3nc4c5c(nc(O[C@@H](C)[C@@H]6CCCN6C)nc5c3F)N(C3CCCOC3)CCO4)c12. The van der Waals surface area contributed by atoms with Gasteiger partial charge in [-0.2, -0.15) is 9.97 Å². The Balaban J connectivity index is 1.46. The minimum absolute atomic E-state index is 0.00606. The van der Waals surface area contributed by atoms with Crippen LogP contribution in [0.3, 0.4) is 0 Å². The molecule has 3 atom stereocenters. The number of aryl methyl sites for hydroxylation is 1. The summed E-state index contributed by atoms with van der Waals surface area (Å²) in [5, 5.41) is 12.1. The summed E-state index contributed by atoms with van der Waals surface area (Å²) in [5.74, 6) is -0.518. The Morgan fingerprint density at radius 2 is 1.93 bits per heavy atom. The first-order valence-corrected chi connectivity index (χ1v) is 15.5. The topological polar surface area (TPSA) is 93.1 Å². The fourth-order valence-corrected chi connectivity index (χ4v) is 7.12. The molecule has 0 amide bonds. The molecular formula is C33H37F2N5O4. The van der Waals surface area contributed by atoms with Gasteiger partial charge in [-0.15, -0.1) is 0 Å². The Labute approximate surface area is 254 Å². The molecule has 1 unspecified atom stereocenters. The number of halogens is 2. The lowest BCUT2D eigenvalue weighted by atomic mass is 9.94. The number of hydrogen-bond acceptors (Lipinski definition) is 9. The van der Waals surface area contributed by atoms with Gasteiger partial charge >= 0.3 is 6.01 Å². The molecule has 0 radical (unpaired) electrons. The van der Waals surface area contributed by atoms with Gasteiger partial charge in [0.25, 0.3) is 0 Å². The first-order chi connectivity index (χ1) is 21.3. The van der Waals surface area contributed by atoms with Crippen molar-refractivity contribution >= 4 is 27.5 Å². The minimum Gasteiger partial charge on any atom is -0.508 e. The molecule has 3 aliphatic rings. The number of aromatic nitrogens is 3. The average molecular weight is 606 g/mol. The van der Waals surface area contributed by atoms with Crippen LogP contribution >= 0.6 is 0 Å². The van der Waals surface area contributed by atoms with Crippen molar-refractivity contribution in [2.45, 2.75) is 64.1 Å². The molecule has 2 aromatic carbocycles. The number of nitrogens with zero attached hydrogens (tertiary/aromatic N) is 5. The highest BCUT2D eigenvalue weighted by Gasteiger charge is 2.34. The Morgan fingerprint density at radius 1 is 1.07 bits per heavy atom. The molecular weight excluding hydrogens is 568 g/mol. The maximum atomic E-state index is 17.0. The standard InChI is InChI=1S/C33H37F2N5O4/c1-4-22-24(34)10-9-19-15-21(41)16-23(26(19)22)29-28(35)30-27-31(38-33(37-30)44-18(2)25-8-5-11-39(25)3)40(12-14-43-32(27)36-29)20-7-6-13-42-17-20/h9-10,15-16,18,20,25,41H,4-8,11-14,17H2,1-3H3/t18-,20?,25-/m0/s1. The Bertz CT molecular complexity index is 1730. The second kappa shape index (κ2) is 11.6. The van der Waals surface area contributed by atoms with Gasteiger partial charge in [0.2, 0.25) is 5.88 Å². The van der Waals surface area contributed by atoms with Gasteiger partial charge in [0.15, 0.2) is 5.82 Å². The number of aromatic hydroxyl groups is 1. The number of anilines is 1. The molecule has 0 saturated carbocycles. The van der Waals surface area contributed by atoms with Crippen molar-refractivity contribution < 1.29 is 28.1 Å². The number of phenols is 1. The highest BCUT2D eigenvalue weighted by molar-refractivity contribution is 6.03. The minimum atomic E-state index is -0.716. The van der Waals surface area contributed by atoms with E-state index in [1.54, 1.807) is 12.1 Å². The third-order valence-electron chi connectivity index (χ3n) is 9.30. The summed E-state index contributed by atoms with van der Waals surface area (Å²) >= 11 is 0. The highest BCUT2D eigenvalue weighted by atomic mass is 19.1. The van der Waals surface area contributed by atoms with Crippen molar-refractivity contribution in [3.63, 3.8) is 0 Å². The summed E-state index contributed by atoms with van der Waals surface area (Å²) in [4.78, 5) is 18.6. The number of ether oxygens (including phenoxy) is 3. The largest absolute Gasteiger partial charge is 0.508 e. The van der Waals surface area contributed by atoms with E-state index in [2.05, 4.69) is 26.8 Å². The van der Waals surface area contributed by atoms with Crippen LogP contribution in [0.2, 0.25) is 0 Å². The first-order valence-electron chi connectivity index (χ1n) is 15.5. The zero-order valence-corrected chi connectivity index (χ0v) is 25.3. The average Bonchev–Trinajstić information content (AvgIpc) is 3.37. The third kappa shape index (κ3) is 4.95. The van der Waals surface area contributed by atoms with E-state index in [0.29, 0.717) is 53.7 Å². The van der Waals surface area contributed by atoms with Crippen molar-refractivity contribution in [1.82, 2.24) is 19.9 Å². The molecule has 5 heterocycles. The molecule has 3 aliphatic heterocycles. The van der Waals surface area contributed by atoms with Gasteiger partial charge in [-0.25, -0.2) is 13.8 Å². The predicted octanol–water partition coefficient (Wildman–Crippen LogP) is 5.63. The number of benzene rings is 2. The summed E-state index contributed by atoms with van der Waals surface area (Å²) in [7, 11) is 2.08. The van der Waals surface area contributed by atoms with E-state index in [9.17, 15) is 5.11 Å². The van der Waals surface area contributed by atoms with E-state index >= 15 is 8.78 Å². The molecule has 4 aromatic rings. The summed E-state index contributed by atoms with van der Waals surface area (Å²) in [6, 6.07) is 6.19. The Hall–Kier alpha value is -3.83. The lowest BCUT2D eigenvalue weighted by molar-refractivity contribution is 0.0782. The van der Waals surface area contributed by atoms with Crippen LogP contribution in [0.25, 0.3) is 32.9 Å². The number of phenolic OH excluding ortho intramolecular Hbond substituents is 1. The van der Waals surface area contributed by atoms with Gasteiger partial charge in [-0.05, 0) is 87.2 Å². The van der Waals surface area contributed by atoms with Crippen molar-refractivity contribution in [2.24, 2.45) is 0 Å². The molecule has 0 spiro atoms. The fourth-order valence-electron chi connectivity index (χ4n) is 7.12. The van der Waals surface area contributed by atoms with Crippen LogP contribution in [0.1, 0.15) is 45.1 Å². The van der Waals surface area contributed by atoms with Crippen LogP contribution in [0, 0.1) is 11.6 Å². The number of hydrogen-bond donors (Lipinski definition) is 1. The van der Waals surface area contributed by atoms with Gasteiger partial charge in [-0.3, -0.25) is 4.90 Å². The molecule has 1 N–H and O–H groups in total. The van der Waals surface area contributed by atoms with Gasteiger partial charge in [-0.1, -0.05) is 13.0 Å². The van der Waals surface area contributed by atoms with Crippen LogP contribution in [-0.4, -0.2) is 83.1 Å². The van der Waals surface area contributed by atoms with Gasteiger partial charge in [0.1, 0.15) is 46.7 Å². The molecule has 2 aromatic heterocycles. The first kappa shape index (κ1) is 28.9. The fraction of sp³-hybridized carbons (Fsp3) is 0.485. The van der Waals surface area contributed by atoms with Gasteiger partial charge in [0, 0.05) is 18.2 Å². The van der Waals surface area contributed by atoms with Crippen molar-refractivity contribution in [3.05, 3.63) is 41.5 Å². The van der Waals surface area contributed by atoms with E-state index < -0.39 is 11.6 Å². The maximum absolute atomic E-state index is 17.0.